The lowest BCUT2D eigenvalue weighted by Gasteiger charge is -2.21. The SMILES string of the molecule is COCC(Br)CNC(=O)C1CCOCC1. The molecule has 0 bridgehead atoms. The lowest BCUT2D eigenvalue weighted by Crippen LogP contribution is -2.38. The summed E-state index contributed by atoms with van der Waals surface area (Å²) in [5, 5.41) is 2.92. The van der Waals surface area contributed by atoms with Crippen molar-refractivity contribution < 1.29 is 14.3 Å². The average molecular weight is 280 g/mol. The smallest absolute Gasteiger partial charge is 0.223 e. The third kappa shape index (κ3) is 4.95. The van der Waals surface area contributed by atoms with Crippen LogP contribution in [0.4, 0.5) is 0 Å². The maximum Gasteiger partial charge on any atom is 0.223 e. The average Bonchev–Trinajstić information content (AvgIpc) is 2.27. The maximum atomic E-state index is 11.7. The third-order valence-electron chi connectivity index (χ3n) is 2.44. The zero-order valence-corrected chi connectivity index (χ0v) is 10.6. The van der Waals surface area contributed by atoms with Crippen LogP contribution >= 0.6 is 15.9 Å². The molecule has 1 unspecified atom stereocenters. The van der Waals surface area contributed by atoms with Crippen LogP contribution in [0.3, 0.4) is 0 Å². The van der Waals surface area contributed by atoms with E-state index in [1.807, 2.05) is 0 Å². The van der Waals surface area contributed by atoms with Crippen LogP contribution in [0.25, 0.3) is 0 Å². The van der Waals surface area contributed by atoms with Gasteiger partial charge in [0.2, 0.25) is 5.91 Å². The number of hydrogen-bond donors (Lipinski definition) is 1. The van der Waals surface area contributed by atoms with Gasteiger partial charge in [0.05, 0.1) is 11.4 Å². The van der Waals surface area contributed by atoms with Gasteiger partial charge in [-0.05, 0) is 12.8 Å². The van der Waals surface area contributed by atoms with Crippen molar-refractivity contribution in [3.05, 3.63) is 0 Å². The number of carbonyl (C=O) groups excluding carboxylic acids is 1. The Labute approximate surface area is 98.8 Å². The first-order valence-corrected chi connectivity index (χ1v) is 6.14. The summed E-state index contributed by atoms with van der Waals surface area (Å²) in [5.74, 6) is 0.264. The summed E-state index contributed by atoms with van der Waals surface area (Å²) in [6.45, 7) is 2.62. The van der Waals surface area contributed by atoms with E-state index in [0.29, 0.717) is 26.4 Å². The van der Waals surface area contributed by atoms with Crippen LogP contribution < -0.4 is 5.32 Å². The van der Waals surface area contributed by atoms with Crippen molar-refractivity contribution in [2.45, 2.75) is 17.7 Å². The molecule has 88 valence electrons. The Morgan fingerprint density at radius 3 is 2.87 bits per heavy atom. The van der Waals surface area contributed by atoms with Crippen LogP contribution in [-0.4, -0.2) is 44.2 Å². The Balaban J connectivity index is 2.16. The van der Waals surface area contributed by atoms with Crippen LogP contribution in [0.15, 0.2) is 0 Å². The molecule has 0 aromatic carbocycles. The predicted molar refractivity (Wildman–Crippen MR) is 61.1 cm³/mol. The number of carbonyl (C=O) groups is 1. The predicted octanol–water partition coefficient (Wildman–Crippen LogP) is 0.939. The zero-order valence-electron chi connectivity index (χ0n) is 9.00. The Bertz CT molecular complexity index is 195. The molecule has 1 aliphatic rings. The highest BCUT2D eigenvalue weighted by molar-refractivity contribution is 9.09. The van der Waals surface area contributed by atoms with Gasteiger partial charge in [-0.3, -0.25) is 4.79 Å². The molecule has 0 aromatic heterocycles. The molecule has 0 radical (unpaired) electrons. The number of halogens is 1. The van der Waals surface area contributed by atoms with Crippen LogP contribution in [0.2, 0.25) is 0 Å². The first kappa shape index (κ1) is 12.9. The minimum Gasteiger partial charge on any atom is -0.383 e. The lowest BCUT2D eigenvalue weighted by atomic mass is 9.99. The van der Waals surface area contributed by atoms with Crippen LogP contribution in [0, 0.1) is 5.92 Å². The van der Waals surface area contributed by atoms with Gasteiger partial charge in [0.1, 0.15) is 0 Å². The fourth-order valence-electron chi connectivity index (χ4n) is 1.56. The van der Waals surface area contributed by atoms with E-state index in [9.17, 15) is 4.79 Å². The van der Waals surface area contributed by atoms with E-state index in [0.717, 1.165) is 12.8 Å². The molecule has 1 saturated heterocycles. The number of nitrogens with one attached hydrogen (secondary N) is 1. The molecule has 0 saturated carbocycles. The van der Waals surface area contributed by atoms with E-state index in [4.69, 9.17) is 9.47 Å². The van der Waals surface area contributed by atoms with Crippen molar-refractivity contribution in [2.24, 2.45) is 5.92 Å². The minimum atomic E-state index is 0.126. The number of ether oxygens (including phenoxy) is 2. The molecule has 1 aliphatic heterocycles. The minimum absolute atomic E-state index is 0.126. The number of rotatable bonds is 5. The fourth-order valence-corrected chi connectivity index (χ4v) is 1.98. The molecule has 1 fully saturated rings. The molecule has 1 rings (SSSR count). The Kier molecular flexibility index (Phi) is 6.20. The number of methoxy groups -OCH3 is 1. The van der Waals surface area contributed by atoms with Crippen LogP contribution in [0.1, 0.15) is 12.8 Å². The molecule has 1 N–H and O–H groups in total. The van der Waals surface area contributed by atoms with Gasteiger partial charge in [-0.25, -0.2) is 0 Å². The molecule has 4 nitrogen and oxygen atoms in total. The van der Waals surface area contributed by atoms with E-state index >= 15 is 0 Å². The second kappa shape index (κ2) is 7.19. The molecule has 15 heavy (non-hydrogen) atoms. The van der Waals surface area contributed by atoms with E-state index < -0.39 is 0 Å². The van der Waals surface area contributed by atoms with Crippen molar-refractivity contribution in [2.75, 3.05) is 33.5 Å². The maximum absolute atomic E-state index is 11.7. The number of alkyl halides is 1. The zero-order chi connectivity index (χ0) is 11.1. The monoisotopic (exact) mass is 279 g/mol. The molecular weight excluding hydrogens is 262 g/mol. The summed E-state index contributed by atoms with van der Waals surface area (Å²) in [5.41, 5.74) is 0. The Morgan fingerprint density at radius 1 is 1.60 bits per heavy atom. The number of amides is 1. The van der Waals surface area contributed by atoms with Gasteiger partial charge in [0.15, 0.2) is 0 Å². The largest absolute Gasteiger partial charge is 0.383 e. The summed E-state index contributed by atoms with van der Waals surface area (Å²) in [7, 11) is 1.65. The van der Waals surface area contributed by atoms with Gasteiger partial charge in [0, 0.05) is 32.8 Å². The van der Waals surface area contributed by atoms with E-state index in [1.165, 1.54) is 0 Å². The molecule has 1 atom stereocenters. The molecule has 0 aromatic rings. The highest BCUT2D eigenvalue weighted by Crippen LogP contribution is 2.14. The standard InChI is InChI=1S/C10H18BrNO3/c1-14-7-9(11)6-12-10(13)8-2-4-15-5-3-8/h8-9H,2-7H2,1H3,(H,12,13). The van der Waals surface area contributed by atoms with Crippen molar-refractivity contribution in [1.82, 2.24) is 5.32 Å². The first-order valence-electron chi connectivity index (χ1n) is 5.22. The molecular formula is C10H18BrNO3. The Hall–Kier alpha value is -0.130. The van der Waals surface area contributed by atoms with Gasteiger partial charge in [0.25, 0.3) is 0 Å². The molecule has 0 aliphatic carbocycles. The summed E-state index contributed by atoms with van der Waals surface area (Å²) in [4.78, 5) is 11.9. The van der Waals surface area contributed by atoms with Gasteiger partial charge >= 0.3 is 0 Å². The normalized spacial score (nSPS) is 19.9. The van der Waals surface area contributed by atoms with E-state index in [2.05, 4.69) is 21.2 Å². The second-order valence-electron chi connectivity index (χ2n) is 3.68. The van der Waals surface area contributed by atoms with Crippen LogP contribution in [0.5, 0.6) is 0 Å². The van der Waals surface area contributed by atoms with Gasteiger partial charge in [-0.2, -0.15) is 0 Å². The van der Waals surface area contributed by atoms with Gasteiger partial charge in [-0.15, -0.1) is 0 Å². The topological polar surface area (TPSA) is 47.6 Å². The van der Waals surface area contributed by atoms with Crippen LogP contribution in [-0.2, 0) is 14.3 Å². The quantitative estimate of drug-likeness (QED) is 0.762. The fraction of sp³-hybridized carbons (Fsp3) is 0.900. The van der Waals surface area contributed by atoms with E-state index in [-0.39, 0.29) is 16.7 Å². The van der Waals surface area contributed by atoms with Crippen molar-refractivity contribution >= 4 is 21.8 Å². The lowest BCUT2D eigenvalue weighted by molar-refractivity contribution is -0.127. The molecule has 0 spiro atoms. The Morgan fingerprint density at radius 2 is 2.27 bits per heavy atom. The number of hydrogen-bond acceptors (Lipinski definition) is 3. The van der Waals surface area contributed by atoms with Gasteiger partial charge in [-0.1, -0.05) is 15.9 Å². The van der Waals surface area contributed by atoms with Crippen molar-refractivity contribution in [1.29, 1.82) is 0 Å². The van der Waals surface area contributed by atoms with Crippen molar-refractivity contribution in [3.63, 3.8) is 0 Å². The molecule has 5 heteroatoms. The second-order valence-corrected chi connectivity index (χ2v) is 4.98. The summed E-state index contributed by atoms with van der Waals surface area (Å²) < 4.78 is 10.2. The highest BCUT2D eigenvalue weighted by atomic mass is 79.9. The highest BCUT2D eigenvalue weighted by Gasteiger charge is 2.21. The van der Waals surface area contributed by atoms with Gasteiger partial charge < -0.3 is 14.8 Å². The summed E-state index contributed by atoms with van der Waals surface area (Å²) in [6, 6.07) is 0. The molecule has 1 amide bonds. The first-order chi connectivity index (χ1) is 7.24. The summed E-state index contributed by atoms with van der Waals surface area (Å²) in [6.07, 6.45) is 1.67. The molecule has 1 heterocycles. The third-order valence-corrected chi connectivity index (χ3v) is 3.03. The van der Waals surface area contributed by atoms with E-state index in [1.54, 1.807) is 7.11 Å². The summed E-state index contributed by atoms with van der Waals surface area (Å²) >= 11 is 3.43. The van der Waals surface area contributed by atoms with Crippen molar-refractivity contribution in [3.8, 4) is 0 Å².